The zero-order chi connectivity index (χ0) is 12.6. The fourth-order valence-corrected chi connectivity index (χ4v) is 2.98. The van der Waals surface area contributed by atoms with Crippen LogP contribution in [0.3, 0.4) is 0 Å². The summed E-state index contributed by atoms with van der Waals surface area (Å²) in [7, 11) is 0. The van der Waals surface area contributed by atoms with E-state index in [1.54, 1.807) is 0 Å². The second-order valence-electron chi connectivity index (χ2n) is 5.65. The van der Waals surface area contributed by atoms with Crippen LogP contribution in [0.2, 0.25) is 0 Å². The lowest BCUT2D eigenvalue weighted by molar-refractivity contribution is -0.119. The first-order valence-electron chi connectivity index (χ1n) is 6.82. The monoisotopic (exact) mass is 244 g/mol. The molecule has 18 heavy (non-hydrogen) atoms. The average Bonchev–Trinajstić information content (AvgIpc) is 3.14. The molecule has 1 saturated carbocycles. The van der Waals surface area contributed by atoms with Gasteiger partial charge in [-0.2, -0.15) is 0 Å². The van der Waals surface area contributed by atoms with Gasteiger partial charge in [0, 0.05) is 18.7 Å². The van der Waals surface area contributed by atoms with Gasteiger partial charge in [-0.15, -0.1) is 0 Å². The van der Waals surface area contributed by atoms with E-state index in [0.29, 0.717) is 11.8 Å². The fourth-order valence-electron chi connectivity index (χ4n) is 2.98. The number of para-hydroxylation sites is 1. The SMILES string of the molecule is NCCC1(CN2C(=O)CCc3ccccc32)CC1. The molecule has 3 heteroatoms. The van der Waals surface area contributed by atoms with Crippen molar-refractivity contribution in [3.05, 3.63) is 29.8 Å². The molecule has 0 bridgehead atoms. The predicted octanol–water partition coefficient (Wildman–Crippen LogP) is 2.09. The Morgan fingerprint density at radius 1 is 1.22 bits per heavy atom. The van der Waals surface area contributed by atoms with Gasteiger partial charge in [0.1, 0.15) is 0 Å². The second kappa shape index (κ2) is 4.39. The molecule has 0 atom stereocenters. The van der Waals surface area contributed by atoms with Crippen LogP contribution in [-0.2, 0) is 11.2 Å². The third-order valence-corrected chi connectivity index (χ3v) is 4.32. The van der Waals surface area contributed by atoms with Crippen molar-refractivity contribution in [1.29, 1.82) is 0 Å². The van der Waals surface area contributed by atoms with E-state index >= 15 is 0 Å². The van der Waals surface area contributed by atoms with Crippen molar-refractivity contribution < 1.29 is 4.79 Å². The van der Waals surface area contributed by atoms with Gasteiger partial charge in [-0.25, -0.2) is 0 Å². The Labute approximate surface area is 108 Å². The number of nitrogens with zero attached hydrogens (tertiary/aromatic N) is 1. The minimum absolute atomic E-state index is 0.275. The highest BCUT2D eigenvalue weighted by atomic mass is 16.2. The van der Waals surface area contributed by atoms with E-state index in [0.717, 1.165) is 31.6 Å². The van der Waals surface area contributed by atoms with E-state index in [1.807, 2.05) is 11.0 Å². The van der Waals surface area contributed by atoms with Crippen molar-refractivity contribution in [2.24, 2.45) is 11.1 Å². The summed E-state index contributed by atoms with van der Waals surface area (Å²) in [5.41, 5.74) is 8.43. The maximum Gasteiger partial charge on any atom is 0.227 e. The molecule has 0 aromatic heterocycles. The fraction of sp³-hybridized carbons (Fsp3) is 0.533. The van der Waals surface area contributed by atoms with Crippen molar-refractivity contribution >= 4 is 11.6 Å². The van der Waals surface area contributed by atoms with Crippen LogP contribution in [0.15, 0.2) is 24.3 Å². The van der Waals surface area contributed by atoms with Gasteiger partial charge in [0.2, 0.25) is 5.91 Å². The summed E-state index contributed by atoms with van der Waals surface area (Å²) in [5, 5.41) is 0. The lowest BCUT2D eigenvalue weighted by atomic mass is 9.96. The molecule has 0 unspecified atom stereocenters. The predicted molar refractivity (Wildman–Crippen MR) is 72.5 cm³/mol. The topological polar surface area (TPSA) is 46.3 Å². The number of rotatable bonds is 4. The minimum Gasteiger partial charge on any atom is -0.330 e. The number of carbonyl (C=O) groups is 1. The molecule has 1 aliphatic heterocycles. The molecule has 3 rings (SSSR count). The van der Waals surface area contributed by atoms with Gasteiger partial charge in [-0.1, -0.05) is 18.2 Å². The van der Waals surface area contributed by atoms with Crippen LogP contribution in [-0.4, -0.2) is 19.0 Å². The second-order valence-corrected chi connectivity index (χ2v) is 5.65. The third kappa shape index (κ3) is 2.03. The van der Waals surface area contributed by atoms with Crippen LogP contribution in [0.4, 0.5) is 5.69 Å². The Kier molecular flexibility index (Phi) is 2.86. The molecule has 1 fully saturated rings. The lowest BCUT2D eigenvalue weighted by Gasteiger charge is -2.32. The summed E-state index contributed by atoms with van der Waals surface area (Å²) in [6.45, 7) is 1.59. The molecule has 0 spiro atoms. The Bertz CT molecular complexity index is 465. The molecular formula is C15H20N2O. The Balaban J connectivity index is 1.85. The van der Waals surface area contributed by atoms with E-state index in [2.05, 4.69) is 18.2 Å². The van der Waals surface area contributed by atoms with Crippen molar-refractivity contribution in [2.75, 3.05) is 18.0 Å². The normalized spacial score (nSPS) is 20.7. The number of nitrogens with two attached hydrogens (primary N) is 1. The van der Waals surface area contributed by atoms with Crippen molar-refractivity contribution in [1.82, 2.24) is 0 Å². The van der Waals surface area contributed by atoms with Gasteiger partial charge in [0.05, 0.1) is 0 Å². The molecule has 1 amide bonds. The molecule has 1 heterocycles. The van der Waals surface area contributed by atoms with Crippen LogP contribution in [0, 0.1) is 5.41 Å². The van der Waals surface area contributed by atoms with Crippen molar-refractivity contribution in [2.45, 2.75) is 32.1 Å². The zero-order valence-corrected chi connectivity index (χ0v) is 10.7. The summed E-state index contributed by atoms with van der Waals surface area (Å²) in [5.74, 6) is 0.275. The Morgan fingerprint density at radius 2 is 2.00 bits per heavy atom. The van der Waals surface area contributed by atoms with Gasteiger partial charge >= 0.3 is 0 Å². The molecule has 3 nitrogen and oxygen atoms in total. The summed E-state index contributed by atoms with van der Waals surface area (Å²) < 4.78 is 0. The van der Waals surface area contributed by atoms with Crippen molar-refractivity contribution in [3.63, 3.8) is 0 Å². The Hall–Kier alpha value is -1.35. The number of amides is 1. The standard InChI is InChI=1S/C15H20N2O/c16-10-9-15(7-8-15)11-17-13-4-2-1-3-12(13)5-6-14(17)18/h1-4H,5-11,16H2. The van der Waals surface area contributed by atoms with Gasteiger partial charge in [-0.05, 0) is 49.3 Å². The first-order chi connectivity index (χ1) is 8.74. The number of hydrogen-bond acceptors (Lipinski definition) is 2. The molecule has 96 valence electrons. The molecule has 2 N–H and O–H groups in total. The maximum absolute atomic E-state index is 12.2. The molecule has 0 radical (unpaired) electrons. The van der Waals surface area contributed by atoms with E-state index in [-0.39, 0.29) is 5.91 Å². The number of benzene rings is 1. The third-order valence-electron chi connectivity index (χ3n) is 4.32. The first kappa shape index (κ1) is 11.7. The minimum atomic E-state index is 0.275. The number of aryl methyl sites for hydroxylation is 1. The van der Waals surface area contributed by atoms with Crippen molar-refractivity contribution in [3.8, 4) is 0 Å². The zero-order valence-electron chi connectivity index (χ0n) is 10.7. The van der Waals surface area contributed by atoms with Crippen LogP contribution < -0.4 is 10.6 Å². The van der Waals surface area contributed by atoms with Gasteiger partial charge < -0.3 is 10.6 Å². The van der Waals surface area contributed by atoms with Crippen LogP contribution in [0.1, 0.15) is 31.2 Å². The summed E-state index contributed by atoms with van der Waals surface area (Å²) in [6.07, 6.45) is 5.01. The molecule has 1 aromatic carbocycles. The maximum atomic E-state index is 12.2. The highest BCUT2D eigenvalue weighted by Gasteiger charge is 2.44. The van der Waals surface area contributed by atoms with E-state index in [1.165, 1.54) is 18.4 Å². The number of fused-ring (bicyclic) bond motifs is 1. The van der Waals surface area contributed by atoms with E-state index in [4.69, 9.17) is 5.73 Å². The van der Waals surface area contributed by atoms with Gasteiger partial charge in [-0.3, -0.25) is 4.79 Å². The average molecular weight is 244 g/mol. The molecule has 1 aliphatic carbocycles. The molecule has 0 saturated heterocycles. The Morgan fingerprint density at radius 3 is 2.72 bits per heavy atom. The first-order valence-corrected chi connectivity index (χ1v) is 6.82. The smallest absolute Gasteiger partial charge is 0.227 e. The van der Waals surface area contributed by atoms with Crippen LogP contribution in [0.25, 0.3) is 0 Å². The molecule has 2 aliphatic rings. The highest BCUT2D eigenvalue weighted by molar-refractivity contribution is 5.96. The van der Waals surface area contributed by atoms with Gasteiger partial charge in [0.15, 0.2) is 0 Å². The summed E-state index contributed by atoms with van der Waals surface area (Å²) in [4.78, 5) is 14.2. The number of anilines is 1. The quantitative estimate of drug-likeness (QED) is 0.881. The number of carbonyl (C=O) groups excluding carboxylic acids is 1. The molecular weight excluding hydrogens is 224 g/mol. The summed E-state index contributed by atoms with van der Waals surface area (Å²) >= 11 is 0. The van der Waals surface area contributed by atoms with E-state index < -0.39 is 0 Å². The lowest BCUT2D eigenvalue weighted by Crippen LogP contribution is -2.39. The molecule has 1 aromatic rings. The van der Waals surface area contributed by atoms with Gasteiger partial charge in [0.25, 0.3) is 0 Å². The number of hydrogen-bond donors (Lipinski definition) is 1. The van der Waals surface area contributed by atoms with Crippen LogP contribution >= 0.6 is 0 Å². The summed E-state index contributed by atoms with van der Waals surface area (Å²) in [6, 6.07) is 8.29. The van der Waals surface area contributed by atoms with Crippen LogP contribution in [0.5, 0.6) is 0 Å². The highest BCUT2D eigenvalue weighted by Crippen LogP contribution is 2.50. The largest absolute Gasteiger partial charge is 0.330 e. The van der Waals surface area contributed by atoms with E-state index in [9.17, 15) is 4.79 Å².